The van der Waals surface area contributed by atoms with E-state index in [1.54, 1.807) is 12.1 Å². The Hall–Kier alpha value is -2.08. The van der Waals surface area contributed by atoms with Crippen molar-refractivity contribution in [3.63, 3.8) is 0 Å². The Kier molecular flexibility index (Phi) is 3.10. The molecule has 3 N–H and O–H groups in total. The number of benzene rings is 1. The predicted molar refractivity (Wildman–Crippen MR) is 71.7 cm³/mol. The lowest BCUT2D eigenvalue weighted by atomic mass is 10.1. The van der Waals surface area contributed by atoms with E-state index in [0.717, 1.165) is 24.2 Å². The third-order valence-corrected chi connectivity index (χ3v) is 3.89. The zero-order chi connectivity index (χ0) is 14.3. The number of nitrogens with zero attached hydrogens (tertiary/aromatic N) is 1. The Morgan fingerprint density at radius 2 is 2.15 bits per heavy atom. The highest BCUT2D eigenvalue weighted by Crippen LogP contribution is 2.26. The van der Waals surface area contributed by atoms with E-state index in [9.17, 15) is 14.7 Å². The number of carboxylic acids is 1. The molecule has 0 aromatic heterocycles. The quantitative estimate of drug-likeness (QED) is 0.723. The van der Waals surface area contributed by atoms with Crippen LogP contribution in [-0.4, -0.2) is 52.2 Å². The highest BCUT2D eigenvalue weighted by molar-refractivity contribution is 5.97. The van der Waals surface area contributed by atoms with Gasteiger partial charge in [0.05, 0.1) is 6.10 Å². The second-order valence-electron chi connectivity index (χ2n) is 5.25. The van der Waals surface area contributed by atoms with Gasteiger partial charge in [0.1, 0.15) is 6.04 Å². The molecule has 3 rings (SSSR count). The highest BCUT2D eigenvalue weighted by Gasteiger charge is 2.39. The van der Waals surface area contributed by atoms with Crippen LogP contribution in [0, 0.1) is 0 Å². The lowest BCUT2D eigenvalue weighted by molar-refractivity contribution is -0.141. The molecule has 0 bridgehead atoms. The number of carbonyl (C=O) groups is 2. The molecule has 2 heterocycles. The minimum absolute atomic E-state index is 0.0745. The lowest BCUT2D eigenvalue weighted by Gasteiger charge is -2.21. The molecule has 6 nitrogen and oxygen atoms in total. The molecule has 1 fully saturated rings. The van der Waals surface area contributed by atoms with E-state index in [-0.39, 0.29) is 18.9 Å². The van der Waals surface area contributed by atoms with Crippen LogP contribution in [0.1, 0.15) is 22.3 Å². The van der Waals surface area contributed by atoms with Gasteiger partial charge in [-0.1, -0.05) is 0 Å². The number of likely N-dealkylation sites (tertiary alicyclic amines) is 1. The number of rotatable bonds is 2. The van der Waals surface area contributed by atoms with Crippen LogP contribution < -0.4 is 5.32 Å². The third kappa shape index (κ3) is 2.12. The summed E-state index contributed by atoms with van der Waals surface area (Å²) < 4.78 is 0. The van der Waals surface area contributed by atoms with Gasteiger partial charge >= 0.3 is 5.97 Å². The number of carboxylic acid groups (broad SMARTS) is 1. The van der Waals surface area contributed by atoms with Gasteiger partial charge in [-0.2, -0.15) is 0 Å². The van der Waals surface area contributed by atoms with Gasteiger partial charge < -0.3 is 20.4 Å². The van der Waals surface area contributed by atoms with Gasteiger partial charge in [-0.05, 0) is 30.2 Å². The first kappa shape index (κ1) is 12.9. The molecule has 0 radical (unpaired) electrons. The molecule has 0 saturated carbocycles. The monoisotopic (exact) mass is 276 g/mol. The van der Waals surface area contributed by atoms with Crippen LogP contribution >= 0.6 is 0 Å². The summed E-state index contributed by atoms with van der Waals surface area (Å²) in [6.45, 7) is 0.929. The maximum Gasteiger partial charge on any atom is 0.326 e. The topological polar surface area (TPSA) is 89.9 Å². The number of fused-ring (bicyclic) bond motifs is 1. The first-order valence-corrected chi connectivity index (χ1v) is 6.65. The maximum atomic E-state index is 12.4. The Bertz CT molecular complexity index is 572. The van der Waals surface area contributed by atoms with Crippen molar-refractivity contribution in [1.29, 1.82) is 0 Å². The Labute approximate surface area is 116 Å². The highest BCUT2D eigenvalue weighted by atomic mass is 16.4. The molecule has 106 valence electrons. The second-order valence-corrected chi connectivity index (χ2v) is 5.25. The summed E-state index contributed by atoms with van der Waals surface area (Å²) in [6.07, 6.45) is 0.186. The zero-order valence-corrected chi connectivity index (χ0v) is 10.9. The smallest absolute Gasteiger partial charge is 0.326 e. The fourth-order valence-corrected chi connectivity index (χ4v) is 2.88. The molecule has 0 aliphatic carbocycles. The second kappa shape index (κ2) is 4.79. The maximum absolute atomic E-state index is 12.4. The summed E-state index contributed by atoms with van der Waals surface area (Å²) in [5.74, 6) is -1.40. The number of aliphatic carboxylic acids is 1. The van der Waals surface area contributed by atoms with Gasteiger partial charge in [-0.15, -0.1) is 0 Å². The van der Waals surface area contributed by atoms with Crippen LogP contribution in [0.25, 0.3) is 0 Å². The van der Waals surface area contributed by atoms with Crippen molar-refractivity contribution in [3.05, 3.63) is 29.3 Å². The molecule has 1 saturated heterocycles. The fourth-order valence-electron chi connectivity index (χ4n) is 2.88. The van der Waals surface area contributed by atoms with Crippen molar-refractivity contribution < 1.29 is 19.8 Å². The number of hydrogen-bond acceptors (Lipinski definition) is 4. The molecule has 20 heavy (non-hydrogen) atoms. The van der Waals surface area contributed by atoms with Gasteiger partial charge in [0.2, 0.25) is 0 Å². The summed E-state index contributed by atoms with van der Waals surface area (Å²) >= 11 is 0. The number of aliphatic hydroxyl groups excluding tert-OH is 1. The average Bonchev–Trinajstić information content (AvgIpc) is 3.02. The van der Waals surface area contributed by atoms with E-state index in [1.165, 1.54) is 4.90 Å². The summed E-state index contributed by atoms with van der Waals surface area (Å²) in [6, 6.07) is 4.41. The number of aliphatic hydroxyl groups is 1. The third-order valence-electron chi connectivity index (χ3n) is 3.89. The Balaban J connectivity index is 1.86. The van der Waals surface area contributed by atoms with Gasteiger partial charge in [0, 0.05) is 30.8 Å². The fraction of sp³-hybridized carbons (Fsp3) is 0.429. The molecule has 2 unspecified atom stereocenters. The number of β-amino-alcohol motifs (C(OH)–C–C–N with tert-alkyl or cyclic N) is 1. The average molecular weight is 276 g/mol. The van der Waals surface area contributed by atoms with Crippen molar-refractivity contribution in [3.8, 4) is 0 Å². The van der Waals surface area contributed by atoms with Gasteiger partial charge in [-0.3, -0.25) is 4.79 Å². The van der Waals surface area contributed by atoms with Gasteiger partial charge in [0.15, 0.2) is 0 Å². The van der Waals surface area contributed by atoms with Gasteiger partial charge in [-0.25, -0.2) is 4.79 Å². The van der Waals surface area contributed by atoms with E-state index in [2.05, 4.69) is 5.32 Å². The van der Waals surface area contributed by atoms with Crippen LogP contribution in [0.15, 0.2) is 18.2 Å². The number of amides is 1. The van der Waals surface area contributed by atoms with Crippen molar-refractivity contribution in [2.75, 3.05) is 18.4 Å². The Morgan fingerprint density at radius 1 is 1.35 bits per heavy atom. The normalized spacial score (nSPS) is 24.4. The SMILES string of the molecule is O=C(O)C1CC(O)CN1C(=O)c1ccc2c(c1)CCN2. The molecule has 6 heteroatoms. The van der Waals surface area contributed by atoms with Crippen LogP contribution in [0.3, 0.4) is 0 Å². The van der Waals surface area contributed by atoms with Crippen molar-refractivity contribution in [2.24, 2.45) is 0 Å². The largest absolute Gasteiger partial charge is 0.480 e. The van der Waals surface area contributed by atoms with Crippen molar-refractivity contribution in [2.45, 2.75) is 25.0 Å². The standard InChI is InChI=1S/C14H16N2O4/c17-10-6-12(14(19)20)16(7-10)13(18)9-1-2-11-8(5-9)3-4-15-11/h1-2,5,10,12,15,17H,3-4,6-7H2,(H,19,20). The number of carbonyl (C=O) groups excluding carboxylic acids is 1. The molecule has 0 spiro atoms. The minimum Gasteiger partial charge on any atom is -0.480 e. The van der Waals surface area contributed by atoms with Crippen molar-refractivity contribution in [1.82, 2.24) is 4.90 Å². The molecule has 2 atom stereocenters. The van der Waals surface area contributed by atoms with E-state index in [1.807, 2.05) is 6.07 Å². The summed E-state index contributed by atoms with van der Waals surface area (Å²) in [4.78, 5) is 24.9. The molecular formula is C14H16N2O4. The lowest BCUT2D eigenvalue weighted by Crippen LogP contribution is -2.40. The van der Waals surface area contributed by atoms with E-state index in [0.29, 0.717) is 5.56 Å². The van der Waals surface area contributed by atoms with Crippen LogP contribution in [0.4, 0.5) is 5.69 Å². The molecular weight excluding hydrogens is 260 g/mol. The van der Waals surface area contributed by atoms with Gasteiger partial charge in [0.25, 0.3) is 5.91 Å². The van der Waals surface area contributed by atoms with Crippen LogP contribution in [0.5, 0.6) is 0 Å². The van der Waals surface area contributed by atoms with Crippen molar-refractivity contribution >= 4 is 17.6 Å². The zero-order valence-electron chi connectivity index (χ0n) is 10.9. The predicted octanol–water partition coefficient (Wildman–Crippen LogP) is 0.315. The minimum atomic E-state index is -1.07. The number of nitrogens with one attached hydrogen (secondary N) is 1. The molecule has 1 aromatic rings. The molecule has 2 aliphatic heterocycles. The van der Waals surface area contributed by atoms with E-state index < -0.39 is 18.1 Å². The molecule has 1 amide bonds. The molecule has 1 aromatic carbocycles. The first-order valence-electron chi connectivity index (χ1n) is 6.65. The van der Waals surface area contributed by atoms with E-state index in [4.69, 9.17) is 5.11 Å². The number of hydrogen-bond donors (Lipinski definition) is 3. The first-order chi connectivity index (χ1) is 9.56. The summed E-state index contributed by atoms with van der Waals surface area (Å²) in [5.41, 5.74) is 2.58. The summed E-state index contributed by atoms with van der Waals surface area (Å²) in [5, 5.41) is 22.0. The van der Waals surface area contributed by atoms with Crippen LogP contribution in [-0.2, 0) is 11.2 Å². The summed E-state index contributed by atoms with van der Waals surface area (Å²) in [7, 11) is 0. The number of anilines is 1. The van der Waals surface area contributed by atoms with Crippen LogP contribution in [0.2, 0.25) is 0 Å². The van der Waals surface area contributed by atoms with E-state index >= 15 is 0 Å². The Morgan fingerprint density at radius 3 is 2.90 bits per heavy atom. The molecule has 2 aliphatic rings.